The van der Waals surface area contributed by atoms with E-state index >= 15 is 0 Å². The Morgan fingerprint density at radius 3 is 1.50 bits per heavy atom. The van der Waals surface area contributed by atoms with Crippen molar-refractivity contribution in [2.24, 2.45) is 11.5 Å². The Morgan fingerprint density at radius 1 is 0.614 bits per heavy atom. The second-order valence-electron chi connectivity index (χ2n) is 10.4. The lowest BCUT2D eigenvalue weighted by atomic mass is 10.0. The number of carbonyl (C=O) groups is 5. The van der Waals surface area contributed by atoms with Gasteiger partial charge in [-0.15, -0.1) is 0 Å². The number of phenols is 1. The van der Waals surface area contributed by atoms with E-state index in [9.17, 15) is 34.2 Å². The molecule has 3 aromatic rings. The van der Waals surface area contributed by atoms with Crippen LogP contribution in [-0.4, -0.2) is 64.0 Å². The second kappa shape index (κ2) is 16.4. The number of carboxylic acids is 1. The molecule has 12 heteroatoms. The maximum absolute atomic E-state index is 13.7. The number of primary amides is 1. The van der Waals surface area contributed by atoms with Crippen molar-refractivity contribution in [3.8, 4) is 5.75 Å². The molecular weight excluding hydrogens is 566 g/mol. The van der Waals surface area contributed by atoms with E-state index in [-0.39, 0.29) is 37.9 Å². The molecule has 0 heterocycles. The quantitative estimate of drug-likeness (QED) is 0.122. The Hall–Kier alpha value is -5.23. The number of hydrogen-bond acceptors (Lipinski definition) is 7. The van der Waals surface area contributed by atoms with Crippen LogP contribution in [0.2, 0.25) is 0 Å². The number of nitrogens with two attached hydrogens (primary N) is 2. The van der Waals surface area contributed by atoms with Crippen LogP contribution in [0.5, 0.6) is 5.75 Å². The molecule has 0 radical (unpaired) electrons. The lowest BCUT2D eigenvalue weighted by molar-refractivity contribution is -0.142. The molecule has 0 bridgehead atoms. The van der Waals surface area contributed by atoms with Gasteiger partial charge in [0.05, 0.1) is 6.04 Å². The van der Waals surface area contributed by atoms with Crippen LogP contribution in [0, 0.1) is 0 Å². The third kappa shape index (κ3) is 10.9. The number of carboxylic acid groups (broad SMARTS) is 1. The number of carbonyl (C=O) groups excluding carboxylic acids is 4. The van der Waals surface area contributed by atoms with Gasteiger partial charge in [0.25, 0.3) is 0 Å². The van der Waals surface area contributed by atoms with Crippen molar-refractivity contribution < 1.29 is 34.2 Å². The largest absolute Gasteiger partial charge is 0.508 e. The summed E-state index contributed by atoms with van der Waals surface area (Å²) in [6, 6.07) is 19.2. The summed E-state index contributed by atoms with van der Waals surface area (Å²) in [5.74, 6) is -4.07. The Morgan fingerprint density at radius 2 is 1.05 bits per heavy atom. The maximum atomic E-state index is 13.7. The normalized spacial score (nSPS) is 13.5. The molecule has 9 N–H and O–H groups in total. The Kier molecular flexibility index (Phi) is 12.4. The molecule has 0 fully saturated rings. The lowest BCUT2D eigenvalue weighted by Gasteiger charge is -2.25. The van der Waals surface area contributed by atoms with Crippen LogP contribution in [-0.2, 0) is 43.2 Å². The topological polar surface area (TPSA) is 214 Å². The van der Waals surface area contributed by atoms with Gasteiger partial charge in [0, 0.05) is 19.3 Å². The van der Waals surface area contributed by atoms with Gasteiger partial charge < -0.3 is 37.6 Å². The maximum Gasteiger partial charge on any atom is 0.326 e. The summed E-state index contributed by atoms with van der Waals surface area (Å²) >= 11 is 0. The fourth-order valence-corrected chi connectivity index (χ4v) is 4.46. The predicted octanol–water partition coefficient (Wildman–Crippen LogP) is 0.552. The number of rotatable bonds is 16. The van der Waals surface area contributed by atoms with Gasteiger partial charge in [-0.3, -0.25) is 19.2 Å². The average Bonchev–Trinajstić information content (AvgIpc) is 3.00. The van der Waals surface area contributed by atoms with Crippen LogP contribution in [0.1, 0.15) is 29.5 Å². The molecule has 44 heavy (non-hydrogen) atoms. The first-order valence-corrected chi connectivity index (χ1v) is 14.1. The molecule has 12 nitrogen and oxygen atoms in total. The first-order valence-electron chi connectivity index (χ1n) is 14.1. The number of aromatic hydroxyl groups is 1. The first-order chi connectivity index (χ1) is 21.0. The first kappa shape index (κ1) is 33.3. The van der Waals surface area contributed by atoms with Gasteiger partial charge in [-0.05, 0) is 41.7 Å². The van der Waals surface area contributed by atoms with Crippen molar-refractivity contribution in [2.75, 3.05) is 0 Å². The zero-order valence-electron chi connectivity index (χ0n) is 24.0. The highest BCUT2D eigenvalue weighted by atomic mass is 16.4. The minimum absolute atomic E-state index is 0.0208. The van der Waals surface area contributed by atoms with Gasteiger partial charge in [-0.25, -0.2) is 4.79 Å². The monoisotopic (exact) mass is 603 g/mol. The van der Waals surface area contributed by atoms with E-state index in [1.807, 2.05) is 6.07 Å². The van der Waals surface area contributed by atoms with Crippen molar-refractivity contribution in [1.82, 2.24) is 16.0 Å². The molecule has 3 aromatic carbocycles. The van der Waals surface area contributed by atoms with E-state index in [0.29, 0.717) is 11.1 Å². The van der Waals surface area contributed by atoms with Gasteiger partial charge in [-0.2, -0.15) is 0 Å². The van der Waals surface area contributed by atoms with Crippen LogP contribution < -0.4 is 27.4 Å². The van der Waals surface area contributed by atoms with Crippen molar-refractivity contribution in [3.63, 3.8) is 0 Å². The molecule has 232 valence electrons. The summed E-state index contributed by atoms with van der Waals surface area (Å²) in [5, 5.41) is 26.9. The lowest BCUT2D eigenvalue weighted by Crippen LogP contribution is -2.58. The minimum atomic E-state index is -1.41. The summed E-state index contributed by atoms with van der Waals surface area (Å²) in [7, 11) is 0. The van der Waals surface area contributed by atoms with Crippen LogP contribution >= 0.6 is 0 Å². The van der Waals surface area contributed by atoms with Gasteiger partial charge in [0.1, 0.15) is 23.9 Å². The van der Waals surface area contributed by atoms with Gasteiger partial charge in [-0.1, -0.05) is 72.8 Å². The summed E-state index contributed by atoms with van der Waals surface area (Å²) in [6.45, 7) is 0. The molecule has 0 spiro atoms. The molecule has 0 aliphatic carbocycles. The van der Waals surface area contributed by atoms with Crippen LogP contribution in [0.4, 0.5) is 0 Å². The Balaban J connectivity index is 1.81. The Labute approximate surface area is 254 Å². The second-order valence-corrected chi connectivity index (χ2v) is 10.4. The SMILES string of the molecule is NC(=O)CCC(NC(=O)C(Cc1ccccc1)NC(=O)C(Cc1ccccc1)NC(=O)C(N)Cc1ccc(O)cc1)C(=O)O. The van der Waals surface area contributed by atoms with Gasteiger partial charge >= 0.3 is 5.97 Å². The summed E-state index contributed by atoms with van der Waals surface area (Å²) in [6.07, 6.45) is -0.239. The predicted molar refractivity (Wildman–Crippen MR) is 162 cm³/mol. The van der Waals surface area contributed by atoms with E-state index in [1.54, 1.807) is 66.7 Å². The number of amides is 4. The summed E-state index contributed by atoms with van der Waals surface area (Å²) in [4.78, 5) is 63.2. The molecule has 4 amide bonds. The molecule has 0 saturated carbocycles. The number of phenolic OH excluding ortho intramolecular Hbond substituents is 1. The van der Waals surface area contributed by atoms with E-state index < -0.39 is 53.8 Å². The fourth-order valence-electron chi connectivity index (χ4n) is 4.46. The average molecular weight is 604 g/mol. The number of benzene rings is 3. The van der Waals surface area contributed by atoms with Crippen LogP contribution in [0.15, 0.2) is 84.9 Å². The van der Waals surface area contributed by atoms with Gasteiger partial charge in [0.15, 0.2) is 0 Å². The van der Waals surface area contributed by atoms with Gasteiger partial charge in [0.2, 0.25) is 23.6 Å². The van der Waals surface area contributed by atoms with E-state index in [2.05, 4.69) is 16.0 Å². The zero-order valence-corrected chi connectivity index (χ0v) is 24.0. The molecule has 0 aliphatic rings. The molecule has 0 saturated heterocycles. The summed E-state index contributed by atoms with van der Waals surface area (Å²) in [5.41, 5.74) is 13.4. The van der Waals surface area contributed by atoms with Crippen molar-refractivity contribution >= 4 is 29.6 Å². The third-order valence-corrected chi connectivity index (χ3v) is 6.85. The van der Waals surface area contributed by atoms with Crippen molar-refractivity contribution in [2.45, 2.75) is 56.3 Å². The number of nitrogens with one attached hydrogen (secondary N) is 3. The number of hydrogen-bond donors (Lipinski definition) is 7. The fraction of sp³-hybridized carbons (Fsp3) is 0.281. The molecular formula is C32H37N5O7. The molecule has 4 atom stereocenters. The minimum Gasteiger partial charge on any atom is -0.508 e. The number of aliphatic carboxylic acids is 1. The summed E-state index contributed by atoms with van der Waals surface area (Å²) < 4.78 is 0. The van der Waals surface area contributed by atoms with Crippen LogP contribution in [0.25, 0.3) is 0 Å². The van der Waals surface area contributed by atoms with Crippen molar-refractivity contribution in [1.29, 1.82) is 0 Å². The highest BCUT2D eigenvalue weighted by Gasteiger charge is 2.31. The van der Waals surface area contributed by atoms with Crippen LogP contribution in [0.3, 0.4) is 0 Å². The van der Waals surface area contributed by atoms with Crippen molar-refractivity contribution in [3.05, 3.63) is 102 Å². The molecule has 4 unspecified atom stereocenters. The zero-order chi connectivity index (χ0) is 32.1. The van der Waals surface area contributed by atoms with E-state index in [4.69, 9.17) is 11.5 Å². The third-order valence-electron chi connectivity index (χ3n) is 6.85. The highest BCUT2D eigenvalue weighted by molar-refractivity contribution is 5.94. The standard InChI is InChI=1S/C32H37N5O7/c33-24(17-22-11-13-23(38)14-12-22)29(40)36-26(18-20-7-3-1-4-8-20)31(42)37-27(19-21-9-5-2-6-10-21)30(41)35-25(32(43)44)15-16-28(34)39/h1-14,24-27,38H,15-19,33H2,(H2,34,39)(H,35,41)(H,36,40)(H,37,42)(H,43,44). The smallest absolute Gasteiger partial charge is 0.326 e. The highest BCUT2D eigenvalue weighted by Crippen LogP contribution is 2.12. The molecule has 3 rings (SSSR count). The van der Waals surface area contributed by atoms with E-state index in [0.717, 1.165) is 5.56 Å². The Bertz CT molecular complexity index is 1420. The molecule has 0 aromatic heterocycles. The molecule has 0 aliphatic heterocycles. The van der Waals surface area contributed by atoms with E-state index in [1.165, 1.54) is 12.1 Å².